The van der Waals surface area contributed by atoms with Gasteiger partial charge >= 0.3 is 5.97 Å². The van der Waals surface area contributed by atoms with E-state index in [4.69, 9.17) is 5.11 Å². The van der Waals surface area contributed by atoms with Gasteiger partial charge in [-0.25, -0.2) is 4.79 Å². The lowest BCUT2D eigenvalue weighted by molar-refractivity contribution is 0.0697. The monoisotopic (exact) mass is 240 g/mol. The summed E-state index contributed by atoms with van der Waals surface area (Å²) in [5, 5.41) is 8.99. The fourth-order valence-electron chi connectivity index (χ4n) is 2.03. The molecule has 0 aliphatic rings. The van der Waals surface area contributed by atoms with Crippen molar-refractivity contribution < 1.29 is 9.90 Å². The van der Waals surface area contributed by atoms with Gasteiger partial charge in [-0.05, 0) is 35.2 Å². The van der Waals surface area contributed by atoms with Crippen LogP contribution in [-0.4, -0.2) is 11.1 Å². The van der Waals surface area contributed by atoms with Crippen LogP contribution in [0, 0.1) is 0 Å². The van der Waals surface area contributed by atoms with Gasteiger partial charge in [0.15, 0.2) is 0 Å². The molecule has 0 bridgehead atoms. The Hall–Kier alpha value is -2.09. The lowest BCUT2D eigenvalue weighted by Crippen LogP contribution is -1.95. The van der Waals surface area contributed by atoms with Crippen LogP contribution in [-0.2, 0) is 6.42 Å². The molecule has 0 fully saturated rings. The Morgan fingerprint density at radius 1 is 1.06 bits per heavy atom. The number of benzene rings is 2. The van der Waals surface area contributed by atoms with E-state index in [-0.39, 0.29) is 0 Å². The average molecular weight is 240 g/mol. The lowest BCUT2D eigenvalue weighted by Gasteiger charge is -2.05. The van der Waals surface area contributed by atoms with Crippen molar-refractivity contribution in [3.8, 4) is 11.1 Å². The maximum Gasteiger partial charge on any atom is 0.335 e. The van der Waals surface area contributed by atoms with Crippen molar-refractivity contribution in [3.05, 3.63) is 59.7 Å². The molecule has 2 rings (SSSR count). The Morgan fingerprint density at radius 2 is 1.72 bits per heavy atom. The molecule has 2 aromatic rings. The summed E-state index contributed by atoms with van der Waals surface area (Å²) in [4.78, 5) is 11.0. The first kappa shape index (κ1) is 12.4. The minimum absolute atomic E-state index is 0.327. The number of hydrogen-bond acceptors (Lipinski definition) is 1. The van der Waals surface area contributed by atoms with Gasteiger partial charge in [-0.1, -0.05) is 49.7 Å². The van der Waals surface area contributed by atoms with Gasteiger partial charge in [-0.2, -0.15) is 0 Å². The molecule has 0 aliphatic carbocycles. The standard InChI is InChI=1S/C16H16O2/c1-2-5-12-6-3-7-13(10-12)14-8-4-9-15(11-14)16(17)18/h3-4,6-11H,2,5H2,1H3,(H,17,18). The van der Waals surface area contributed by atoms with E-state index in [0.29, 0.717) is 5.56 Å². The quantitative estimate of drug-likeness (QED) is 0.876. The zero-order chi connectivity index (χ0) is 13.0. The van der Waals surface area contributed by atoms with Crippen LogP contribution >= 0.6 is 0 Å². The van der Waals surface area contributed by atoms with Crippen molar-refractivity contribution in [3.63, 3.8) is 0 Å². The fraction of sp³-hybridized carbons (Fsp3) is 0.188. The third-order valence-electron chi connectivity index (χ3n) is 2.91. The van der Waals surface area contributed by atoms with Crippen LogP contribution in [0.3, 0.4) is 0 Å². The molecule has 0 aromatic heterocycles. The summed E-state index contributed by atoms with van der Waals surface area (Å²) in [6, 6.07) is 15.3. The first-order valence-corrected chi connectivity index (χ1v) is 6.13. The van der Waals surface area contributed by atoms with Gasteiger partial charge in [0.1, 0.15) is 0 Å². The average Bonchev–Trinajstić information content (AvgIpc) is 2.39. The number of carboxylic acids is 1. The molecule has 0 amide bonds. The molecule has 2 aromatic carbocycles. The highest BCUT2D eigenvalue weighted by Crippen LogP contribution is 2.22. The zero-order valence-electron chi connectivity index (χ0n) is 10.4. The highest BCUT2D eigenvalue weighted by atomic mass is 16.4. The Labute approximate surface area is 107 Å². The van der Waals surface area contributed by atoms with Crippen molar-refractivity contribution in [2.24, 2.45) is 0 Å². The largest absolute Gasteiger partial charge is 0.478 e. The van der Waals surface area contributed by atoms with Gasteiger partial charge in [0.25, 0.3) is 0 Å². The summed E-state index contributed by atoms with van der Waals surface area (Å²) < 4.78 is 0. The Morgan fingerprint density at radius 3 is 2.39 bits per heavy atom. The van der Waals surface area contributed by atoms with Crippen molar-refractivity contribution in [1.29, 1.82) is 0 Å². The molecular formula is C16H16O2. The second kappa shape index (κ2) is 5.50. The second-order valence-corrected chi connectivity index (χ2v) is 4.34. The summed E-state index contributed by atoms with van der Waals surface area (Å²) in [5.41, 5.74) is 3.64. The summed E-state index contributed by atoms with van der Waals surface area (Å²) in [5.74, 6) is -0.887. The van der Waals surface area contributed by atoms with Crippen LogP contribution in [0.5, 0.6) is 0 Å². The molecule has 0 unspecified atom stereocenters. The maximum absolute atomic E-state index is 11.0. The molecular weight excluding hydrogens is 224 g/mol. The normalized spacial score (nSPS) is 10.3. The Balaban J connectivity index is 2.38. The van der Waals surface area contributed by atoms with E-state index in [0.717, 1.165) is 24.0 Å². The van der Waals surface area contributed by atoms with E-state index < -0.39 is 5.97 Å². The summed E-state index contributed by atoms with van der Waals surface area (Å²) in [7, 11) is 0. The van der Waals surface area contributed by atoms with Crippen LogP contribution in [0.25, 0.3) is 11.1 Å². The van der Waals surface area contributed by atoms with Gasteiger partial charge in [0.2, 0.25) is 0 Å². The zero-order valence-corrected chi connectivity index (χ0v) is 10.4. The first-order valence-electron chi connectivity index (χ1n) is 6.13. The van der Waals surface area contributed by atoms with Gasteiger partial charge in [0.05, 0.1) is 5.56 Å². The molecule has 0 atom stereocenters. The molecule has 0 radical (unpaired) electrons. The summed E-state index contributed by atoms with van der Waals surface area (Å²) in [6.07, 6.45) is 2.16. The number of carbonyl (C=O) groups is 1. The van der Waals surface area contributed by atoms with Crippen LogP contribution in [0.15, 0.2) is 48.5 Å². The molecule has 2 heteroatoms. The van der Waals surface area contributed by atoms with E-state index in [1.807, 2.05) is 18.2 Å². The van der Waals surface area contributed by atoms with Crippen LogP contribution < -0.4 is 0 Å². The Kier molecular flexibility index (Phi) is 3.78. The topological polar surface area (TPSA) is 37.3 Å². The number of carboxylic acid groups (broad SMARTS) is 1. The fourth-order valence-corrected chi connectivity index (χ4v) is 2.03. The van der Waals surface area contributed by atoms with Crippen molar-refractivity contribution >= 4 is 5.97 Å². The SMILES string of the molecule is CCCc1cccc(-c2cccc(C(=O)O)c2)c1. The second-order valence-electron chi connectivity index (χ2n) is 4.34. The van der Waals surface area contributed by atoms with Crippen LogP contribution in [0.2, 0.25) is 0 Å². The van der Waals surface area contributed by atoms with E-state index in [1.54, 1.807) is 18.2 Å². The molecule has 2 nitrogen and oxygen atoms in total. The molecule has 0 saturated heterocycles. The van der Waals surface area contributed by atoms with Gasteiger partial charge in [-0.15, -0.1) is 0 Å². The minimum atomic E-state index is -0.887. The third-order valence-corrected chi connectivity index (χ3v) is 2.91. The highest BCUT2D eigenvalue weighted by Gasteiger charge is 2.05. The third kappa shape index (κ3) is 2.77. The lowest BCUT2D eigenvalue weighted by atomic mass is 10.00. The van der Waals surface area contributed by atoms with Gasteiger partial charge < -0.3 is 5.11 Å². The number of rotatable bonds is 4. The predicted octanol–water partition coefficient (Wildman–Crippen LogP) is 4.00. The van der Waals surface area contributed by atoms with Crippen molar-refractivity contribution in [2.75, 3.05) is 0 Å². The van der Waals surface area contributed by atoms with Crippen LogP contribution in [0.1, 0.15) is 29.3 Å². The predicted molar refractivity (Wildman–Crippen MR) is 72.8 cm³/mol. The number of aromatic carboxylic acids is 1. The molecule has 0 spiro atoms. The van der Waals surface area contributed by atoms with Gasteiger partial charge in [0, 0.05) is 0 Å². The summed E-state index contributed by atoms with van der Waals surface area (Å²) in [6.45, 7) is 2.15. The Bertz CT molecular complexity index is 559. The summed E-state index contributed by atoms with van der Waals surface area (Å²) >= 11 is 0. The molecule has 92 valence electrons. The molecule has 0 aliphatic heterocycles. The molecule has 0 saturated carbocycles. The number of aryl methyl sites for hydroxylation is 1. The van der Waals surface area contributed by atoms with Crippen molar-refractivity contribution in [2.45, 2.75) is 19.8 Å². The van der Waals surface area contributed by atoms with Crippen molar-refractivity contribution in [1.82, 2.24) is 0 Å². The smallest absolute Gasteiger partial charge is 0.335 e. The van der Waals surface area contributed by atoms with E-state index >= 15 is 0 Å². The molecule has 0 heterocycles. The maximum atomic E-state index is 11.0. The van der Waals surface area contributed by atoms with E-state index in [9.17, 15) is 4.79 Å². The van der Waals surface area contributed by atoms with E-state index in [2.05, 4.69) is 19.1 Å². The molecule has 1 N–H and O–H groups in total. The van der Waals surface area contributed by atoms with Gasteiger partial charge in [-0.3, -0.25) is 0 Å². The first-order chi connectivity index (χ1) is 8.70. The number of hydrogen-bond donors (Lipinski definition) is 1. The minimum Gasteiger partial charge on any atom is -0.478 e. The highest BCUT2D eigenvalue weighted by molar-refractivity contribution is 5.89. The molecule has 18 heavy (non-hydrogen) atoms. The van der Waals surface area contributed by atoms with Crippen LogP contribution in [0.4, 0.5) is 0 Å². The van der Waals surface area contributed by atoms with E-state index in [1.165, 1.54) is 5.56 Å².